The number of rotatable bonds is 9. The molecular weight excluding hydrogens is 747 g/mol. The first kappa shape index (κ1) is 37.6. The van der Waals surface area contributed by atoms with Crippen LogP contribution >= 0.6 is 0 Å². The fourth-order valence-electron chi connectivity index (χ4n) is 9.90. The highest BCUT2D eigenvalue weighted by Crippen LogP contribution is 2.48. The van der Waals surface area contributed by atoms with Gasteiger partial charge in [0.25, 0.3) is 6.71 Å². The summed E-state index contributed by atoms with van der Waals surface area (Å²) in [5.41, 5.74) is 23.5. The Hall–Kier alpha value is -7.36. The second-order valence-electron chi connectivity index (χ2n) is 16.8. The number of benzene rings is 9. The van der Waals surface area contributed by atoms with E-state index in [0.717, 1.165) is 12.1 Å². The van der Waals surface area contributed by atoms with E-state index in [1.54, 1.807) is 0 Å². The Morgan fingerprint density at radius 2 is 0.839 bits per heavy atom. The van der Waals surface area contributed by atoms with E-state index >= 15 is 0 Å². The highest BCUT2D eigenvalue weighted by atomic mass is 15.2. The quantitative estimate of drug-likeness (QED) is 0.134. The standard InChI is InChI=1S/C59H47BN2/c1-3-4-17-42-26-33-54(51(38-42)47-24-15-8-16-25-47)62-56-35-30-49(45-22-13-7-14-23-45)40-53(56)60-52-39-48(44-20-11-6-12-21-44)29-34-55(52)61(57-36-41(2)37-58(62)59(57)60)50-31-27-46(28-32-50)43-18-9-5-10-19-43/h5-16,18-40H,3-4,17H2,1-2H3. The smallest absolute Gasteiger partial charge is 0.252 e. The van der Waals surface area contributed by atoms with Crippen LogP contribution in [0.3, 0.4) is 0 Å². The molecule has 296 valence electrons. The van der Waals surface area contributed by atoms with Gasteiger partial charge >= 0.3 is 0 Å². The van der Waals surface area contributed by atoms with Crippen molar-refractivity contribution in [2.24, 2.45) is 0 Å². The molecule has 0 bridgehead atoms. The maximum absolute atomic E-state index is 2.58. The molecule has 2 aliphatic rings. The molecule has 0 amide bonds. The van der Waals surface area contributed by atoms with Gasteiger partial charge in [0, 0.05) is 34.0 Å². The molecule has 0 fully saturated rings. The number of fused-ring (bicyclic) bond motifs is 4. The largest absolute Gasteiger partial charge is 0.311 e. The van der Waals surface area contributed by atoms with E-state index in [4.69, 9.17) is 0 Å². The van der Waals surface area contributed by atoms with Crippen molar-refractivity contribution in [1.82, 2.24) is 0 Å². The lowest BCUT2D eigenvalue weighted by atomic mass is 9.33. The Balaban J connectivity index is 1.20. The molecule has 0 saturated heterocycles. The Morgan fingerprint density at radius 3 is 1.39 bits per heavy atom. The van der Waals surface area contributed by atoms with E-state index in [9.17, 15) is 0 Å². The fourth-order valence-corrected chi connectivity index (χ4v) is 9.90. The molecule has 3 heteroatoms. The summed E-state index contributed by atoms with van der Waals surface area (Å²) in [6, 6.07) is 78.9. The van der Waals surface area contributed by atoms with Gasteiger partial charge in [0.05, 0.1) is 5.69 Å². The minimum Gasteiger partial charge on any atom is -0.311 e. The predicted octanol–water partition coefficient (Wildman–Crippen LogP) is 14.1. The Kier molecular flexibility index (Phi) is 9.66. The Morgan fingerprint density at radius 1 is 0.387 bits per heavy atom. The third-order valence-corrected chi connectivity index (χ3v) is 12.9. The number of nitrogens with zero attached hydrogens (tertiary/aromatic N) is 2. The lowest BCUT2D eigenvalue weighted by Gasteiger charge is -2.45. The molecule has 2 heterocycles. The van der Waals surface area contributed by atoms with Crippen LogP contribution in [-0.4, -0.2) is 6.71 Å². The zero-order valence-electron chi connectivity index (χ0n) is 35.3. The molecule has 9 aromatic rings. The highest BCUT2D eigenvalue weighted by Gasteiger charge is 2.44. The minimum atomic E-state index is -0.0157. The topological polar surface area (TPSA) is 6.48 Å². The van der Waals surface area contributed by atoms with Gasteiger partial charge in [-0.1, -0.05) is 177 Å². The molecule has 0 unspecified atom stereocenters. The average Bonchev–Trinajstić information content (AvgIpc) is 3.34. The zero-order chi connectivity index (χ0) is 41.6. The lowest BCUT2D eigenvalue weighted by molar-refractivity contribution is 0.795. The van der Waals surface area contributed by atoms with Crippen molar-refractivity contribution in [2.45, 2.75) is 33.1 Å². The van der Waals surface area contributed by atoms with Crippen LogP contribution in [0.4, 0.5) is 34.1 Å². The molecule has 0 spiro atoms. The summed E-state index contributed by atoms with van der Waals surface area (Å²) in [6.45, 7) is 4.52. The SMILES string of the molecule is CCCCc1ccc(N2c3ccc(-c4ccccc4)cc3B3c4cc(-c5ccccc5)ccc4N(c4ccc(-c5ccccc5)cc4)c4cc(C)cc2c43)c(-c2ccccc2)c1. The van der Waals surface area contributed by atoms with Crippen molar-refractivity contribution in [3.05, 3.63) is 223 Å². The molecule has 2 nitrogen and oxygen atoms in total. The van der Waals surface area contributed by atoms with E-state index < -0.39 is 0 Å². The Bertz CT molecular complexity index is 3050. The summed E-state index contributed by atoms with van der Waals surface area (Å²) in [4.78, 5) is 5.11. The van der Waals surface area contributed by atoms with Gasteiger partial charge in [-0.3, -0.25) is 0 Å². The first-order valence-corrected chi connectivity index (χ1v) is 22.1. The number of aryl methyl sites for hydroxylation is 2. The van der Waals surface area contributed by atoms with Crippen molar-refractivity contribution in [1.29, 1.82) is 0 Å². The van der Waals surface area contributed by atoms with Crippen LogP contribution in [0.15, 0.2) is 212 Å². The predicted molar refractivity (Wildman–Crippen MR) is 266 cm³/mol. The van der Waals surface area contributed by atoms with Gasteiger partial charge in [-0.15, -0.1) is 0 Å². The molecule has 0 aromatic heterocycles. The number of anilines is 6. The van der Waals surface area contributed by atoms with Gasteiger partial charge in [0.1, 0.15) is 0 Å². The summed E-state index contributed by atoms with van der Waals surface area (Å²) in [5.74, 6) is 0. The lowest BCUT2D eigenvalue weighted by Crippen LogP contribution is -2.61. The van der Waals surface area contributed by atoms with Crippen LogP contribution in [0.2, 0.25) is 0 Å². The van der Waals surface area contributed by atoms with E-state index in [1.807, 2.05) is 0 Å². The number of unbranched alkanes of at least 4 members (excludes halogenated alkanes) is 1. The second-order valence-corrected chi connectivity index (χ2v) is 16.8. The van der Waals surface area contributed by atoms with Gasteiger partial charge in [-0.05, 0) is 135 Å². The van der Waals surface area contributed by atoms with Gasteiger partial charge in [-0.25, -0.2) is 0 Å². The maximum Gasteiger partial charge on any atom is 0.252 e. The monoisotopic (exact) mass is 794 g/mol. The van der Waals surface area contributed by atoms with Crippen LogP contribution in [0.25, 0.3) is 44.5 Å². The normalized spacial score (nSPS) is 12.5. The molecular formula is C59H47BN2. The third-order valence-electron chi connectivity index (χ3n) is 12.9. The van der Waals surface area contributed by atoms with E-state index in [1.165, 1.54) is 113 Å². The van der Waals surface area contributed by atoms with Gasteiger partial charge in [0.15, 0.2) is 0 Å². The number of hydrogen-bond donors (Lipinski definition) is 0. The van der Waals surface area contributed by atoms with Crippen molar-refractivity contribution in [3.63, 3.8) is 0 Å². The molecule has 0 N–H and O–H groups in total. The van der Waals surface area contributed by atoms with Crippen LogP contribution in [0.1, 0.15) is 30.9 Å². The molecule has 62 heavy (non-hydrogen) atoms. The zero-order valence-corrected chi connectivity index (χ0v) is 35.3. The van der Waals surface area contributed by atoms with E-state index in [2.05, 4.69) is 236 Å². The van der Waals surface area contributed by atoms with Gasteiger partial charge in [-0.2, -0.15) is 0 Å². The fraction of sp³-hybridized carbons (Fsp3) is 0.0847. The molecule has 9 aromatic carbocycles. The van der Waals surface area contributed by atoms with Crippen LogP contribution in [0.5, 0.6) is 0 Å². The first-order valence-electron chi connectivity index (χ1n) is 22.1. The molecule has 11 rings (SSSR count). The van der Waals surface area contributed by atoms with Gasteiger partial charge in [0.2, 0.25) is 0 Å². The van der Waals surface area contributed by atoms with Gasteiger partial charge < -0.3 is 9.80 Å². The van der Waals surface area contributed by atoms with E-state index in [-0.39, 0.29) is 6.71 Å². The maximum atomic E-state index is 2.58. The first-order chi connectivity index (χ1) is 30.6. The second kappa shape index (κ2) is 15.9. The van der Waals surface area contributed by atoms with Crippen molar-refractivity contribution in [3.8, 4) is 44.5 Å². The summed E-state index contributed by atoms with van der Waals surface area (Å²) in [7, 11) is 0. The summed E-state index contributed by atoms with van der Waals surface area (Å²) in [5, 5.41) is 0. The van der Waals surface area contributed by atoms with Crippen molar-refractivity contribution in [2.75, 3.05) is 9.80 Å². The average molecular weight is 795 g/mol. The number of hydrogen-bond acceptors (Lipinski definition) is 2. The van der Waals surface area contributed by atoms with Crippen molar-refractivity contribution >= 4 is 57.2 Å². The third kappa shape index (κ3) is 6.62. The summed E-state index contributed by atoms with van der Waals surface area (Å²) >= 11 is 0. The van der Waals surface area contributed by atoms with E-state index in [0.29, 0.717) is 0 Å². The molecule has 0 saturated carbocycles. The highest BCUT2D eigenvalue weighted by molar-refractivity contribution is 7.00. The molecule has 0 radical (unpaired) electrons. The molecule has 0 aliphatic carbocycles. The van der Waals surface area contributed by atoms with Crippen LogP contribution < -0.4 is 26.2 Å². The molecule has 0 atom stereocenters. The Labute approximate surface area is 366 Å². The molecule has 2 aliphatic heterocycles. The van der Waals surface area contributed by atoms with Crippen LogP contribution in [-0.2, 0) is 6.42 Å². The summed E-state index contributed by atoms with van der Waals surface area (Å²) in [6.07, 6.45) is 3.40. The van der Waals surface area contributed by atoms with Crippen molar-refractivity contribution < 1.29 is 0 Å². The summed E-state index contributed by atoms with van der Waals surface area (Å²) < 4.78 is 0. The van der Waals surface area contributed by atoms with Crippen LogP contribution in [0, 0.1) is 6.92 Å². The minimum absolute atomic E-state index is 0.0157.